The van der Waals surface area contributed by atoms with E-state index in [4.69, 9.17) is 4.74 Å². The molecule has 1 aromatic heterocycles. The fourth-order valence-corrected chi connectivity index (χ4v) is 9.25. The summed E-state index contributed by atoms with van der Waals surface area (Å²) in [4.78, 5) is 11.3. The van der Waals surface area contributed by atoms with Crippen molar-refractivity contribution in [3.05, 3.63) is 65.2 Å². The van der Waals surface area contributed by atoms with Crippen molar-refractivity contribution in [1.82, 2.24) is 14.9 Å². The summed E-state index contributed by atoms with van der Waals surface area (Å²) in [5, 5.41) is 0. The van der Waals surface area contributed by atoms with Crippen molar-refractivity contribution in [3.63, 3.8) is 0 Å². The van der Waals surface area contributed by atoms with Crippen LogP contribution in [-0.2, 0) is 10.0 Å². The topological polar surface area (TPSA) is 84.4 Å². The minimum absolute atomic E-state index is 0.0365. The van der Waals surface area contributed by atoms with Gasteiger partial charge in [-0.05, 0) is 111 Å². The Bertz CT molecular complexity index is 1680. The second kappa shape index (κ2) is 13.0. The van der Waals surface area contributed by atoms with Crippen molar-refractivity contribution < 1.29 is 26.3 Å². The molecule has 1 saturated carbocycles. The first-order chi connectivity index (χ1) is 22.2. The monoisotopic (exact) mass is 670 g/mol. The Hall–Kier alpha value is -3.18. The molecule has 6 rings (SSSR count). The number of alkyl halides is 3. The largest absolute Gasteiger partial charge is 0.477 e. The van der Waals surface area contributed by atoms with Crippen molar-refractivity contribution in [3.8, 4) is 17.1 Å². The number of nitrogens with zero attached hydrogens (tertiary/aromatic N) is 3. The maximum absolute atomic E-state index is 13.8. The van der Waals surface area contributed by atoms with Crippen LogP contribution in [0.15, 0.2) is 53.4 Å². The highest BCUT2D eigenvalue weighted by molar-refractivity contribution is 7.92. The van der Waals surface area contributed by atoms with Crippen LogP contribution in [0.5, 0.6) is 5.88 Å². The van der Waals surface area contributed by atoms with Gasteiger partial charge in [-0.1, -0.05) is 44.2 Å². The molecule has 1 N–H and O–H groups in total. The molecule has 0 radical (unpaired) electrons. The molecule has 1 spiro atoms. The van der Waals surface area contributed by atoms with Gasteiger partial charge in [0, 0.05) is 24.1 Å². The smallest absolute Gasteiger partial charge is 0.390 e. The lowest BCUT2D eigenvalue weighted by Gasteiger charge is -2.55. The number of nitrogens with one attached hydrogen (secondary N) is 1. The highest BCUT2D eigenvalue weighted by atomic mass is 32.2. The van der Waals surface area contributed by atoms with E-state index in [1.165, 1.54) is 0 Å². The third-order valence-corrected chi connectivity index (χ3v) is 11.8. The van der Waals surface area contributed by atoms with E-state index in [-0.39, 0.29) is 34.6 Å². The summed E-state index contributed by atoms with van der Waals surface area (Å²) in [5.41, 5.74) is 4.63. The van der Waals surface area contributed by atoms with Gasteiger partial charge in [-0.25, -0.2) is 18.1 Å². The quantitative estimate of drug-likeness (QED) is 0.285. The Balaban J connectivity index is 1.32. The maximum atomic E-state index is 13.8. The number of piperidine rings is 1. The molecule has 0 amide bonds. The molecule has 2 atom stereocenters. The number of hydrogen-bond acceptors (Lipinski definition) is 6. The van der Waals surface area contributed by atoms with Crippen LogP contribution in [0.3, 0.4) is 0 Å². The highest BCUT2D eigenvalue weighted by Gasteiger charge is 2.50. The molecule has 47 heavy (non-hydrogen) atoms. The lowest BCUT2D eigenvalue weighted by molar-refractivity contribution is -0.140. The molecule has 2 fully saturated rings. The average molecular weight is 671 g/mol. The van der Waals surface area contributed by atoms with Gasteiger partial charge in [0.2, 0.25) is 11.8 Å². The van der Waals surface area contributed by atoms with E-state index in [2.05, 4.69) is 28.5 Å². The van der Waals surface area contributed by atoms with Gasteiger partial charge in [0.25, 0.3) is 10.0 Å². The summed E-state index contributed by atoms with van der Waals surface area (Å²) in [7, 11) is -4.01. The Morgan fingerprint density at radius 1 is 1.02 bits per heavy atom. The number of aromatic nitrogens is 2. The molecular formula is C36H45F3N4O3S. The number of benzene rings is 2. The Morgan fingerprint density at radius 2 is 1.70 bits per heavy atom. The third-order valence-electron chi connectivity index (χ3n) is 10.5. The molecule has 1 aliphatic carbocycles. The summed E-state index contributed by atoms with van der Waals surface area (Å²) < 4.78 is 75.1. The molecule has 3 heterocycles. The summed E-state index contributed by atoms with van der Waals surface area (Å²) in [6, 6.07) is 15.0. The van der Waals surface area contributed by atoms with E-state index in [0.717, 1.165) is 54.4 Å². The molecule has 1 unspecified atom stereocenters. The first-order valence-corrected chi connectivity index (χ1v) is 18.2. The first-order valence-electron chi connectivity index (χ1n) is 16.7. The standard InChI is InChI=1S/C36H45F3N4O3S/c1-23(2)17-27-22-46-31-19-30(32-24(3)7-5-8-25(32)4)40-34(41-31)42-47(44,45)29-10-6-9-26(18-29)33(27)28-20-35(21-28)11-14-43(15-12-35)16-13-36(37,38)39/h5-10,18-19,23,27-28,33H,11-17,20-22H2,1-4H3,(H,40,41,42)/t27-,33?/m1/s1. The SMILES string of the molecule is Cc1cccc(C)c1-c1cc2nc(n1)NS(=O)(=O)c1cccc(c1)C(C1CC3(CCN(CCC(F)(F)F)CC3)C1)[C@H](CC(C)C)CO2. The van der Waals surface area contributed by atoms with E-state index in [1.807, 2.05) is 49.1 Å². The number of ether oxygens (including phenoxy) is 1. The van der Waals surface area contributed by atoms with Crippen molar-refractivity contribution in [2.75, 3.05) is 31.0 Å². The van der Waals surface area contributed by atoms with Crippen LogP contribution in [0.2, 0.25) is 0 Å². The molecule has 254 valence electrons. The molecule has 2 aliphatic heterocycles. The molecular weight excluding hydrogens is 625 g/mol. The van der Waals surface area contributed by atoms with Gasteiger partial charge in [0.1, 0.15) is 0 Å². The van der Waals surface area contributed by atoms with Crippen molar-refractivity contribution in [1.29, 1.82) is 0 Å². The zero-order chi connectivity index (χ0) is 33.6. The fourth-order valence-electron chi connectivity index (χ4n) is 8.26. The lowest BCUT2D eigenvalue weighted by atomic mass is 9.52. The summed E-state index contributed by atoms with van der Waals surface area (Å²) in [6.07, 6.45) is -0.285. The van der Waals surface area contributed by atoms with Gasteiger partial charge in [0.15, 0.2) is 0 Å². The van der Waals surface area contributed by atoms with Gasteiger partial charge in [-0.15, -0.1) is 0 Å². The van der Waals surface area contributed by atoms with Crippen LogP contribution < -0.4 is 9.46 Å². The number of fused-ring (bicyclic) bond motifs is 4. The number of hydrogen-bond donors (Lipinski definition) is 1. The van der Waals surface area contributed by atoms with Crippen LogP contribution in [0.4, 0.5) is 19.1 Å². The van der Waals surface area contributed by atoms with Crippen molar-refractivity contribution >= 4 is 16.0 Å². The molecule has 1 saturated heterocycles. The van der Waals surface area contributed by atoms with Gasteiger partial charge < -0.3 is 9.64 Å². The normalized spacial score (nSPS) is 22.9. The lowest BCUT2D eigenvalue weighted by Crippen LogP contribution is -2.50. The predicted octanol–water partition coefficient (Wildman–Crippen LogP) is 8.14. The molecule has 3 aromatic rings. The van der Waals surface area contributed by atoms with Gasteiger partial charge in [-0.2, -0.15) is 18.2 Å². The first kappa shape index (κ1) is 33.7. The molecule has 7 nitrogen and oxygen atoms in total. The minimum Gasteiger partial charge on any atom is -0.477 e. The van der Waals surface area contributed by atoms with E-state index < -0.39 is 22.6 Å². The number of aryl methyl sites for hydroxylation is 2. The van der Waals surface area contributed by atoms with E-state index >= 15 is 0 Å². The van der Waals surface area contributed by atoms with Gasteiger partial charge in [0.05, 0.1) is 23.6 Å². The van der Waals surface area contributed by atoms with Crippen LogP contribution in [0, 0.1) is 37.0 Å². The zero-order valence-corrected chi connectivity index (χ0v) is 28.4. The second-order valence-corrected chi connectivity index (χ2v) is 16.1. The summed E-state index contributed by atoms with van der Waals surface area (Å²) in [6.45, 7) is 10.2. The maximum Gasteiger partial charge on any atom is 0.390 e. The summed E-state index contributed by atoms with van der Waals surface area (Å²) >= 11 is 0. The van der Waals surface area contributed by atoms with Crippen LogP contribution >= 0.6 is 0 Å². The van der Waals surface area contributed by atoms with E-state index in [9.17, 15) is 21.6 Å². The number of rotatable bonds is 6. The van der Waals surface area contributed by atoms with Gasteiger partial charge in [-0.3, -0.25) is 0 Å². The number of sulfonamides is 1. The third kappa shape index (κ3) is 7.61. The van der Waals surface area contributed by atoms with Crippen LogP contribution in [0.25, 0.3) is 11.3 Å². The molecule has 2 aromatic carbocycles. The Morgan fingerprint density at radius 3 is 2.36 bits per heavy atom. The highest BCUT2D eigenvalue weighted by Crippen LogP contribution is 2.59. The molecule has 11 heteroatoms. The fraction of sp³-hybridized carbons (Fsp3) is 0.556. The number of anilines is 1. The van der Waals surface area contributed by atoms with Crippen molar-refractivity contribution in [2.45, 2.75) is 83.2 Å². The minimum atomic E-state index is -4.14. The second-order valence-electron chi connectivity index (χ2n) is 14.5. The van der Waals surface area contributed by atoms with Gasteiger partial charge >= 0.3 is 6.18 Å². The Kier molecular flexibility index (Phi) is 9.34. The zero-order valence-electron chi connectivity index (χ0n) is 27.6. The predicted molar refractivity (Wildman–Crippen MR) is 177 cm³/mol. The van der Waals surface area contributed by atoms with Crippen LogP contribution in [0.1, 0.15) is 75.0 Å². The van der Waals surface area contributed by atoms with Crippen LogP contribution in [-0.4, -0.2) is 55.7 Å². The number of likely N-dealkylation sites (tertiary alicyclic amines) is 1. The molecule has 4 bridgehead atoms. The summed E-state index contributed by atoms with van der Waals surface area (Å²) in [5.74, 6) is 1.12. The number of halogens is 3. The van der Waals surface area contributed by atoms with E-state index in [0.29, 0.717) is 43.1 Å². The van der Waals surface area contributed by atoms with Crippen molar-refractivity contribution in [2.24, 2.45) is 23.2 Å². The molecule has 3 aliphatic rings. The van der Waals surface area contributed by atoms with E-state index in [1.54, 1.807) is 18.2 Å². The Labute approximate surface area is 276 Å². The average Bonchev–Trinajstić information content (AvgIpc) is 2.97.